The molecule has 0 bridgehead atoms. The smallest absolute Gasteiger partial charge is 0.114 e. The lowest BCUT2D eigenvalue weighted by Gasteiger charge is -2.02. The van der Waals surface area contributed by atoms with Crippen molar-refractivity contribution in [3.8, 4) is 11.3 Å². The second-order valence-electron chi connectivity index (χ2n) is 3.82. The van der Waals surface area contributed by atoms with Gasteiger partial charge in [-0.1, -0.05) is 17.2 Å². The Labute approximate surface area is 93.8 Å². The number of hydrogen-bond acceptors (Lipinski definition) is 3. The predicted octanol–water partition coefficient (Wildman–Crippen LogP) is 3.32. The van der Waals surface area contributed by atoms with Crippen LogP contribution in [0.2, 0.25) is 0 Å². The summed E-state index contributed by atoms with van der Waals surface area (Å²) in [7, 11) is 0. The van der Waals surface area contributed by atoms with Crippen molar-refractivity contribution in [2.24, 2.45) is 0 Å². The van der Waals surface area contributed by atoms with Crippen molar-refractivity contribution in [3.05, 3.63) is 34.3 Å². The molecule has 0 spiro atoms. The third-order valence-corrected chi connectivity index (χ3v) is 3.06. The number of rotatable bonds is 1. The quantitative estimate of drug-likeness (QED) is 0.797. The summed E-state index contributed by atoms with van der Waals surface area (Å²) in [6, 6.07) is 6.40. The third-order valence-electron chi connectivity index (χ3n) is 2.26. The highest BCUT2D eigenvalue weighted by Gasteiger charge is 2.08. The van der Waals surface area contributed by atoms with Gasteiger partial charge < -0.3 is 5.73 Å². The Kier molecular flexibility index (Phi) is 2.49. The summed E-state index contributed by atoms with van der Waals surface area (Å²) >= 11 is 1.54. The van der Waals surface area contributed by atoms with Gasteiger partial charge in [0.1, 0.15) is 10.7 Å². The molecule has 0 atom stereocenters. The van der Waals surface area contributed by atoms with Crippen molar-refractivity contribution in [3.63, 3.8) is 0 Å². The minimum Gasteiger partial charge on any atom is -0.389 e. The largest absolute Gasteiger partial charge is 0.389 e. The molecule has 0 aliphatic carbocycles. The number of nitrogens with two attached hydrogens (primary N) is 1. The van der Waals surface area contributed by atoms with Gasteiger partial charge in [-0.15, -0.1) is 11.3 Å². The molecular weight excluding hydrogens is 204 g/mol. The van der Waals surface area contributed by atoms with E-state index in [2.05, 4.69) is 37.0 Å². The zero-order valence-electron chi connectivity index (χ0n) is 9.16. The minimum atomic E-state index is 0.803. The first-order valence-electron chi connectivity index (χ1n) is 4.88. The topological polar surface area (TPSA) is 38.9 Å². The molecule has 0 unspecified atom stereocenters. The van der Waals surface area contributed by atoms with Crippen LogP contribution in [0.25, 0.3) is 11.3 Å². The summed E-state index contributed by atoms with van der Waals surface area (Å²) in [5, 5.41) is 1.82. The van der Waals surface area contributed by atoms with Gasteiger partial charge in [-0.2, -0.15) is 0 Å². The van der Waals surface area contributed by atoms with E-state index in [1.54, 1.807) is 11.3 Å². The van der Waals surface area contributed by atoms with Gasteiger partial charge in [-0.25, -0.2) is 4.98 Å². The van der Waals surface area contributed by atoms with Crippen LogP contribution in [0.4, 0.5) is 5.00 Å². The first-order valence-corrected chi connectivity index (χ1v) is 5.69. The molecule has 0 radical (unpaired) electrons. The summed E-state index contributed by atoms with van der Waals surface area (Å²) in [6.45, 7) is 6.16. The summed E-state index contributed by atoms with van der Waals surface area (Å²) in [6.07, 6.45) is 0. The van der Waals surface area contributed by atoms with Gasteiger partial charge in [0.2, 0.25) is 0 Å². The first kappa shape index (κ1) is 10.2. The molecule has 78 valence electrons. The van der Waals surface area contributed by atoms with E-state index in [4.69, 9.17) is 5.73 Å². The molecule has 0 aliphatic rings. The molecule has 0 aliphatic heterocycles. The van der Waals surface area contributed by atoms with Crippen LogP contribution in [-0.4, -0.2) is 4.98 Å². The number of benzene rings is 1. The molecule has 15 heavy (non-hydrogen) atoms. The molecule has 2 rings (SSSR count). The van der Waals surface area contributed by atoms with Crippen molar-refractivity contribution in [2.45, 2.75) is 20.8 Å². The molecule has 1 aromatic carbocycles. The molecule has 2 N–H and O–H groups in total. The van der Waals surface area contributed by atoms with Crippen LogP contribution in [0.15, 0.2) is 18.2 Å². The Morgan fingerprint density at radius 1 is 1.07 bits per heavy atom. The fourth-order valence-electron chi connectivity index (χ4n) is 1.76. The summed E-state index contributed by atoms with van der Waals surface area (Å²) < 4.78 is 0. The van der Waals surface area contributed by atoms with E-state index in [0.717, 1.165) is 21.3 Å². The lowest BCUT2D eigenvalue weighted by Crippen LogP contribution is -1.88. The average molecular weight is 218 g/mol. The van der Waals surface area contributed by atoms with E-state index in [9.17, 15) is 0 Å². The van der Waals surface area contributed by atoms with Crippen molar-refractivity contribution < 1.29 is 0 Å². The Bertz CT molecular complexity index is 480. The van der Waals surface area contributed by atoms with Gasteiger partial charge in [0.15, 0.2) is 0 Å². The van der Waals surface area contributed by atoms with Gasteiger partial charge in [0.05, 0.1) is 5.01 Å². The SMILES string of the molecule is Cc1cc(C)cc(-c2nc(C)sc2N)c1. The Balaban J connectivity index is 2.58. The monoisotopic (exact) mass is 218 g/mol. The standard InChI is InChI=1S/C12H14N2S/c1-7-4-8(2)6-10(5-7)11-12(13)15-9(3)14-11/h4-6H,13H2,1-3H3. The van der Waals surface area contributed by atoms with E-state index < -0.39 is 0 Å². The summed E-state index contributed by atoms with van der Waals surface area (Å²) in [5.74, 6) is 0. The zero-order valence-corrected chi connectivity index (χ0v) is 9.98. The van der Waals surface area contributed by atoms with Crippen LogP contribution in [0.5, 0.6) is 0 Å². The number of nitrogen functional groups attached to an aromatic ring is 1. The van der Waals surface area contributed by atoms with Crippen LogP contribution in [-0.2, 0) is 0 Å². The summed E-state index contributed by atoms with van der Waals surface area (Å²) in [5.41, 5.74) is 10.5. The van der Waals surface area contributed by atoms with E-state index in [0.29, 0.717) is 0 Å². The number of aromatic nitrogens is 1. The van der Waals surface area contributed by atoms with Crippen molar-refractivity contribution in [2.75, 3.05) is 5.73 Å². The highest BCUT2D eigenvalue weighted by atomic mass is 32.1. The molecule has 0 fully saturated rings. The molecule has 0 amide bonds. The van der Waals surface area contributed by atoms with Gasteiger partial charge in [0.25, 0.3) is 0 Å². The Morgan fingerprint density at radius 3 is 2.13 bits per heavy atom. The number of nitrogens with zero attached hydrogens (tertiary/aromatic N) is 1. The van der Waals surface area contributed by atoms with Crippen molar-refractivity contribution in [1.82, 2.24) is 4.98 Å². The van der Waals surface area contributed by atoms with Crippen LogP contribution < -0.4 is 5.73 Å². The van der Waals surface area contributed by atoms with Crippen LogP contribution in [0.1, 0.15) is 16.1 Å². The summed E-state index contributed by atoms with van der Waals surface area (Å²) in [4.78, 5) is 4.46. The van der Waals surface area contributed by atoms with Gasteiger partial charge >= 0.3 is 0 Å². The molecule has 1 aromatic heterocycles. The van der Waals surface area contributed by atoms with Crippen LogP contribution in [0.3, 0.4) is 0 Å². The second-order valence-corrected chi connectivity index (χ2v) is 5.06. The van der Waals surface area contributed by atoms with Crippen molar-refractivity contribution in [1.29, 1.82) is 0 Å². The zero-order chi connectivity index (χ0) is 11.0. The van der Waals surface area contributed by atoms with Crippen LogP contribution in [0, 0.1) is 20.8 Å². The van der Waals surface area contributed by atoms with E-state index in [1.807, 2.05) is 6.92 Å². The van der Waals surface area contributed by atoms with E-state index in [1.165, 1.54) is 11.1 Å². The van der Waals surface area contributed by atoms with Crippen LogP contribution >= 0.6 is 11.3 Å². The van der Waals surface area contributed by atoms with Gasteiger partial charge in [0, 0.05) is 5.56 Å². The normalized spacial score (nSPS) is 10.6. The molecule has 1 heterocycles. The number of anilines is 1. The maximum absolute atomic E-state index is 5.93. The fraction of sp³-hybridized carbons (Fsp3) is 0.250. The number of thiazole rings is 1. The second kappa shape index (κ2) is 3.66. The Morgan fingerprint density at radius 2 is 1.67 bits per heavy atom. The maximum Gasteiger partial charge on any atom is 0.114 e. The molecule has 2 nitrogen and oxygen atoms in total. The maximum atomic E-state index is 5.93. The molecule has 0 saturated carbocycles. The number of aryl methyl sites for hydroxylation is 3. The van der Waals surface area contributed by atoms with E-state index >= 15 is 0 Å². The third kappa shape index (κ3) is 2.02. The fourth-order valence-corrected chi connectivity index (χ4v) is 2.48. The van der Waals surface area contributed by atoms with Gasteiger partial charge in [-0.3, -0.25) is 0 Å². The van der Waals surface area contributed by atoms with Crippen molar-refractivity contribution >= 4 is 16.3 Å². The molecule has 2 aromatic rings. The molecular formula is C12H14N2S. The average Bonchev–Trinajstić information content (AvgIpc) is 2.43. The predicted molar refractivity (Wildman–Crippen MR) is 66.2 cm³/mol. The van der Waals surface area contributed by atoms with E-state index in [-0.39, 0.29) is 0 Å². The van der Waals surface area contributed by atoms with Gasteiger partial charge in [-0.05, 0) is 32.9 Å². The first-order chi connectivity index (χ1) is 7.06. The lowest BCUT2D eigenvalue weighted by molar-refractivity contribution is 1.29. The molecule has 3 heteroatoms. The minimum absolute atomic E-state index is 0.803. The molecule has 0 saturated heterocycles. The number of hydrogen-bond donors (Lipinski definition) is 1. The highest BCUT2D eigenvalue weighted by Crippen LogP contribution is 2.31. The Hall–Kier alpha value is -1.35. The lowest BCUT2D eigenvalue weighted by atomic mass is 10.1. The highest BCUT2D eigenvalue weighted by molar-refractivity contribution is 7.16.